The molecule has 158 valence electrons. The van der Waals surface area contributed by atoms with E-state index < -0.39 is 10.0 Å². The van der Waals surface area contributed by atoms with Crippen LogP contribution in [0, 0.1) is 0 Å². The smallest absolute Gasteiger partial charge is 0.275 e. The Kier molecular flexibility index (Phi) is 7.65. The van der Waals surface area contributed by atoms with Crippen LogP contribution in [0.1, 0.15) is 58.9 Å². The molecule has 0 aliphatic carbocycles. The molecule has 0 saturated carbocycles. The number of nitrogens with one attached hydrogen (secondary N) is 2. The number of benzene rings is 1. The molecule has 0 aromatic heterocycles. The molecule has 1 atom stereocenters. The van der Waals surface area contributed by atoms with Gasteiger partial charge >= 0.3 is 0 Å². The van der Waals surface area contributed by atoms with Gasteiger partial charge in [0.25, 0.3) is 5.91 Å². The quantitative estimate of drug-likeness (QED) is 0.680. The van der Waals surface area contributed by atoms with Crippen LogP contribution in [0.2, 0.25) is 0 Å². The molecule has 1 saturated heterocycles. The molecule has 0 bridgehead atoms. The van der Waals surface area contributed by atoms with Gasteiger partial charge in [0.1, 0.15) is 0 Å². The van der Waals surface area contributed by atoms with Gasteiger partial charge in [-0.25, -0.2) is 8.42 Å². The Morgan fingerprint density at radius 2 is 1.75 bits per heavy atom. The fourth-order valence-corrected chi connectivity index (χ4v) is 4.75. The predicted molar refractivity (Wildman–Crippen MR) is 112 cm³/mol. The largest absolute Gasteiger partial charge is 0.346 e. The van der Waals surface area contributed by atoms with Crippen molar-refractivity contribution in [1.29, 1.82) is 0 Å². The predicted octanol–water partition coefficient (Wildman–Crippen LogP) is 1.39. The van der Waals surface area contributed by atoms with Gasteiger partial charge in [0, 0.05) is 5.54 Å². The summed E-state index contributed by atoms with van der Waals surface area (Å²) in [5.41, 5.74) is 0.958. The standard InChI is InChI=1S/C21H35N3O3S/c1-6-17(3)18-8-10-19(11-9-18)28(26,27)24-14-12-23(13-15-24)16-20(25)22-21(4,5)7-2/h8-11,17H,6-7,12-16H2,1-5H3,(H,22,25)/p+1/t17-/m1/s1. The fourth-order valence-electron chi connectivity index (χ4n) is 3.31. The summed E-state index contributed by atoms with van der Waals surface area (Å²) in [5, 5.41) is 3.05. The van der Waals surface area contributed by atoms with Crippen molar-refractivity contribution in [3.8, 4) is 0 Å². The van der Waals surface area contributed by atoms with E-state index in [-0.39, 0.29) is 11.4 Å². The number of amides is 1. The number of rotatable bonds is 8. The second-order valence-electron chi connectivity index (χ2n) is 8.49. The zero-order valence-corrected chi connectivity index (χ0v) is 18.7. The molecular formula is C21H36N3O3S+. The molecular weight excluding hydrogens is 374 g/mol. The van der Waals surface area contributed by atoms with Crippen LogP contribution in [-0.2, 0) is 14.8 Å². The van der Waals surface area contributed by atoms with Crippen molar-refractivity contribution in [1.82, 2.24) is 9.62 Å². The topological polar surface area (TPSA) is 70.9 Å². The van der Waals surface area contributed by atoms with E-state index in [1.807, 2.05) is 32.9 Å². The van der Waals surface area contributed by atoms with E-state index in [0.29, 0.717) is 43.5 Å². The second-order valence-corrected chi connectivity index (χ2v) is 10.4. The maximum Gasteiger partial charge on any atom is 0.275 e. The number of quaternary nitrogens is 1. The number of hydrogen-bond acceptors (Lipinski definition) is 3. The van der Waals surface area contributed by atoms with E-state index >= 15 is 0 Å². The number of nitrogens with zero attached hydrogens (tertiary/aromatic N) is 1. The summed E-state index contributed by atoms with van der Waals surface area (Å²) in [6.45, 7) is 12.9. The summed E-state index contributed by atoms with van der Waals surface area (Å²) >= 11 is 0. The van der Waals surface area contributed by atoms with E-state index in [0.717, 1.165) is 23.3 Å². The van der Waals surface area contributed by atoms with Crippen LogP contribution in [-0.4, -0.2) is 56.9 Å². The van der Waals surface area contributed by atoms with Gasteiger partial charge in [-0.05, 0) is 50.3 Å². The van der Waals surface area contributed by atoms with Crippen LogP contribution in [0.4, 0.5) is 0 Å². The zero-order chi connectivity index (χ0) is 20.9. The summed E-state index contributed by atoms with van der Waals surface area (Å²) < 4.78 is 27.4. The molecule has 1 aliphatic rings. The first-order chi connectivity index (χ1) is 13.1. The van der Waals surface area contributed by atoms with Crippen LogP contribution in [0.3, 0.4) is 0 Å². The van der Waals surface area contributed by atoms with E-state index in [1.165, 1.54) is 0 Å². The Labute approximate surface area is 170 Å². The molecule has 2 N–H and O–H groups in total. The van der Waals surface area contributed by atoms with Gasteiger partial charge in [-0.15, -0.1) is 0 Å². The lowest BCUT2D eigenvalue weighted by Gasteiger charge is -2.32. The van der Waals surface area contributed by atoms with Crippen LogP contribution in [0.5, 0.6) is 0 Å². The minimum absolute atomic E-state index is 0.0267. The van der Waals surface area contributed by atoms with Gasteiger partial charge in [-0.3, -0.25) is 4.79 Å². The summed E-state index contributed by atoms with van der Waals surface area (Å²) in [6, 6.07) is 7.28. The summed E-state index contributed by atoms with van der Waals surface area (Å²) in [6.07, 6.45) is 1.90. The number of carbonyl (C=O) groups is 1. The third-order valence-electron chi connectivity index (χ3n) is 5.90. The summed E-state index contributed by atoms with van der Waals surface area (Å²) in [4.78, 5) is 13.7. The first-order valence-electron chi connectivity index (χ1n) is 10.3. The van der Waals surface area contributed by atoms with Gasteiger partial charge in [0.05, 0.1) is 31.1 Å². The monoisotopic (exact) mass is 410 g/mol. The molecule has 1 aromatic rings. The van der Waals surface area contributed by atoms with Crippen molar-refractivity contribution in [2.75, 3.05) is 32.7 Å². The van der Waals surface area contributed by atoms with E-state index in [2.05, 4.69) is 19.2 Å². The Bertz CT molecular complexity index is 752. The molecule has 0 unspecified atom stereocenters. The van der Waals surface area contributed by atoms with E-state index in [4.69, 9.17) is 0 Å². The molecule has 28 heavy (non-hydrogen) atoms. The van der Waals surface area contributed by atoms with Gasteiger partial charge in [-0.1, -0.05) is 32.9 Å². The summed E-state index contributed by atoms with van der Waals surface area (Å²) in [5.74, 6) is 0.450. The molecule has 6 nitrogen and oxygen atoms in total. The zero-order valence-electron chi connectivity index (χ0n) is 17.9. The third-order valence-corrected chi connectivity index (χ3v) is 7.81. The van der Waals surface area contributed by atoms with Crippen molar-refractivity contribution >= 4 is 15.9 Å². The van der Waals surface area contributed by atoms with E-state index in [9.17, 15) is 13.2 Å². The minimum Gasteiger partial charge on any atom is -0.346 e. The highest BCUT2D eigenvalue weighted by Crippen LogP contribution is 2.22. The first-order valence-corrected chi connectivity index (χ1v) is 11.8. The number of piperazine rings is 1. The lowest BCUT2D eigenvalue weighted by atomic mass is 9.99. The van der Waals surface area contributed by atoms with Gasteiger partial charge in [0.15, 0.2) is 6.54 Å². The second kappa shape index (κ2) is 9.37. The SMILES string of the molecule is CC[C@@H](C)c1ccc(S(=O)(=O)N2CC[NH+](CC(=O)NC(C)(C)CC)CC2)cc1. The summed E-state index contributed by atoms with van der Waals surface area (Å²) in [7, 11) is -3.48. The third kappa shape index (κ3) is 5.78. The van der Waals surface area contributed by atoms with Crippen molar-refractivity contribution < 1.29 is 18.1 Å². The molecule has 7 heteroatoms. The van der Waals surface area contributed by atoms with Crippen molar-refractivity contribution in [2.24, 2.45) is 0 Å². The fraction of sp³-hybridized carbons (Fsp3) is 0.667. The number of carbonyl (C=O) groups excluding carboxylic acids is 1. The molecule has 1 fully saturated rings. The van der Waals surface area contributed by atoms with Crippen LogP contribution in [0.15, 0.2) is 29.2 Å². The van der Waals surface area contributed by atoms with Gasteiger partial charge < -0.3 is 10.2 Å². The molecule has 1 aromatic carbocycles. The highest BCUT2D eigenvalue weighted by molar-refractivity contribution is 7.89. The molecule has 1 heterocycles. The maximum atomic E-state index is 12.9. The Morgan fingerprint density at radius 1 is 1.18 bits per heavy atom. The average Bonchev–Trinajstić information content (AvgIpc) is 2.67. The number of hydrogen-bond donors (Lipinski definition) is 2. The lowest BCUT2D eigenvalue weighted by molar-refractivity contribution is -0.895. The molecule has 0 spiro atoms. The Morgan fingerprint density at radius 3 is 2.25 bits per heavy atom. The highest BCUT2D eigenvalue weighted by atomic mass is 32.2. The normalized spacial score (nSPS) is 18.0. The van der Waals surface area contributed by atoms with E-state index in [1.54, 1.807) is 16.4 Å². The van der Waals surface area contributed by atoms with Crippen LogP contribution < -0.4 is 10.2 Å². The van der Waals surface area contributed by atoms with Crippen molar-refractivity contribution in [2.45, 2.75) is 63.8 Å². The van der Waals surface area contributed by atoms with Crippen molar-refractivity contribution in [3.63, 3.8) is 0 Å². The molecule has 1 aliphatic heterocycles. The molecule has 1 amide bonds. The molecule has 2 rings (SSSR count). The van der Waals surface area contributed by atoms with Gasteiger partial charge in [-0.2, -0.15) is 4.31 Å². The van der Waals surface area contributed by atoms with Crippen LogP contribution in [0.25, 0.3) is 0 Å². The van der Waals surface area contributed by atoms with Crippen molar-refractivity contribution in [3.05, 3.63) is 29.8 Å². The Hall–Kier alpha value is -1.44. The van der Waals surface area contributed by atoms with Gasteiger partial charge in [0.2, 0.25) is 10.0 Å². The number of sulfonamides is 1. The maximum absolute atomic E-state index is 12.9. The minimum atomic E-state index is -3.48. The highest BCUT2D eigenvalue weighted by Gasteiger charge is 2.31. The average molecular weight is 411 g/mol. The molecule has 0 radical (unpaired) electrons. The van der Waals surface area contributed by atoms with Crippen LogP contribution >= 0.6 is 0 Å². The lowest BCUT2D eigenvalue weighted by Crippen LogP contribution is -3.16. The Balaban J connectivity index is 1.93. The first kappa shape index (κ1) is 22.8.